The first-order valence-electron chi connectivity index (χ1n) is 25.1. The number of aliphatic hydroxyl groups is 10. The maximum Gasteiger partial charge on any atom is 0.303 e. The van der Waals surface area contributed by atoms with E-state index < -0.39 is 140 Å². The van der Waals surface area contributed by atoms with Crippen LogP contribution in [-0.2, 0) is 42.7 Å². The van der Waals surface area contributed by atoms with Gasteiger partial charge in [0.1, 0.15) is 48.8 Å². The quantitative estimate of drug-likeness (QED) is 0.103. The molecule has 26 atom stereocenters. The summed E-state index contributed by atoms with van der Waals surface area (Å²) in [4.78, 5) is 12.3. The van der Waals surface area contributed by atoms with Crippen molar-refractivity contribution in [3.63, 3.8) is 0 Å². The maximum absolute atomic E-state index is 12.6. The van der Waals surface area contributed by atoms with E-state index in [1.807, 2.05) is 13.8 Å². The number of rotatable bonds is 10. The highest BCUT2D eigenvalue weighted by Crippen LogP contribution is 2.89. The summed E-state index contributed by atoms with van der Waals surface area (Å²) in [6.07, 6.45) is -15.2. The molecule has 0 amide bonds. The predicted molar refractivity (Wildman–Crippen MR) is 235 cm³/mol. The summed E-state index contributed by atoms with van der Waals surface area (Å²) < 4.78 is 49.5. The molecule has 0 aromatic carbocycles. The van der Waals surface area contributed by atoms with Gasteiger partial charge in [0.2, 0.25) is 0 Å². The average molecular weight is 973 g/mol. The molecule has 2 spiro atoms. The monoisotopic (exact) mass is 973 g/mol. The molecule has 4 heterocycles. The molecule has 19 heteroatoms. The molecule has 9 rings (SSSR count). The lowest BCUT2D eigenvalue weighted by molar-refractivity contribution is -0.364. The Balaban J connectivity index is 0.920. The first-order valence-corrected chi connectivity index (χ1v) is 25.1. The van der Waals surface area contributed by atoms with E-state index in [0.717, 1.165) is 25.7 Å². The minimum atomic E-state index is -1.68. The number of aliphatic hydroxyl groups excluding tert-OH is 10. The van der Waals surface area contributed by atoms with Gasteiger partial charge >= 0.3 is 5.97 Å². The minimum absolute atomic E-state index is 0.0721. The molecule has 9 aliphatic rings. The van der Waals surface area contributed by atoms with Gasteiger partial charge in [0, 0.05) is 12.8 Å². The Kier molecular flexibility index (Phi) is 13.3. The molecule has 0 aromatic rings. The number of hydrogen-bond acceptors (Lipinski definition) is 19. The molecule has 0 bridgehead atoms. The Morgan fingerprint density at radius 1 is 0.691 bits per heavy atom. The zero-order chi connectivity index (χ0) is 49.6. The largest absolute Gasteiger partial charge is 0.457 e. The number of carbonyl (C=O) groups is 1. The van der Waals surface area contributed by atoms with Crippen LogP contribution in [0.2, 0.25) is 0 Å². The van der Waals surface area contributed by atoms with Gasteiger partial charge in [-0.25, -0.2) is 0 Å². The lowest BCUT2D eigenvalue weighted by atomic mass is 9.41. The highest BCUT2D eigenvalue weighted by Gasteiger charge is 2.85. The molecule has 0 aromatic heterocycles. The average Bonchev–Trinajstić information content (AvgIpc) is 3.62. The minimum Gasteiger partial charge on any atom is -0.457 e. The Morgan fingerprint density at radius 3 is 2.04 bits per heavy atom. The van der Waals surface area contributed by atoms with Crippen LogP contribution in [-0.4, -0.2) is 192 Å². The zero-order valence-corrected chi connectivity index (χ0v) is 41.0. The molecular formula is C49H80O19. The van der Waals surface area contributed by atoms with Crippen molar-refractivity contribution in [1.82, 2.24) is 0 Å². The smallest absolute Gasteiger partial charge is 0.303 e. The highest BCUT2D eigenvalue weighted by molar-refractivity contribution is 5.66. The van der Waals surface area contributed by atoms with E-state index in [0.29, 0.717) is 32.1 Å². The number of esters is 1. The third-order valence-electron chi connectivity index (χ3n) is 20.1. The molecule has 0 radical (unpaired) electrons. The molecule has 5 saturated carbocycles. The lowest BCUT2D eigenvalue weighted by Gasteiger charge is -2.64. The molecule has 5 aliphatic carbocycles. The Morgan fingerprint density at radius 2 is 1.37 bits per heavy atom. The number of hydrogen-bond donors (Lipinski definition) is 10. The first-order chi connectivity index (χ1) is 31.6. The van der Waals surface area contributed by atoms with Gasteiger partial charge in [0.05, 0.1) is 54.9 Å². The van der Waals surface area contributed by atoms with Crippen molar-refractivity contribution in [3.8, 4) is 0 Å². The van der Waals surface area contributed by atoms with Crippen molar-refractivity contribution < 1.29 is 93.8 Å². The molecule has 10 N–H and O–H groups in total. The summed E-state index contributed by atoms with van der Waals surface area (Å²) in [5.41, 5.74) is -3.38. The van der Waals surface area contributed by atoms with Gasteiger partial charge in [-0.1, -0.05) is 27.7 Å². The van der Waals surface area contributed by atoms with Gasteiger partial charge in [-0.15, -0.1) is 0 Å². The molecule has 9 fully saturated rings. The van der Waals surface area contributed by atoms with E-state index in [-0.39, 0.29) is 46.0 Å². The van der Waals surface area contributed by atoms with Crippen molar-refractivity contribution >= 4 is 5.97 Å². The number of ether oxygens (including phenoxy) is 8. The molecule has 4 saturated heterocycles. The van der Waals surface area contributed by atoms with E-state index >= 15 is 0 Å². The van der Waals surface area contributed by atoms with Crippen LogP contribution >= 0.6 is 0 Å². The van der Waals surface area contributed by atoms with Gasteiger partial charge in [0.15, 0.2) is 31.1 Å². The Labute approximate surface area is 398 Å². The van der Waals surface area contributed by atoms with Crippen LogP contribution in [0.25, 0.3) is 0 Å². The maximum atomic E-state index is 12.6. The molecule has 68 heavy (non-hydrogen) atoms. The van der Waals surface area contributed by atoms with Gasteiger partial charge in [-0.2, -0.15) is 0 Å². The fraction of sp³-hybridized carbons (Fsp3) is 0.980. The van der Waals surface area contributed by atoms with Crippen molar-refractivity contribution in [3.05, 3.63) is 0 Å². The third-order valence-corrected chi connectivity index (χ3v) is 20.1. The van der Waals surface area contributed by atoms with Crippen molar-refractivity contribution in [2.45, 2.75) is 242 Å². The Hall–Kier alpha value is -1.21. The highest BCUT2D eigenvalue weighted by atomic mass is 16.8. The molecular weight excluding hydrogens is 893 g/mol. The van der Waals surface area contributed by atoms with Crippen LogP contribution in [0.1, 0.15) is 120 Å². The van der Waals surface area contributed by atoms with E-state index in [1.54, 1.807) is 0 Å². The van der Waals surface area contributed by atoms with Crippen LogP contribution in [0, 0.1) is 44.8 Å². The number of carbonyl (C=O) groups excluding carboxylic acids is 1. The second-order valence-corrected chi connectivity index (χ2v) is 24.4. The van der Waals surface area contributed by atoms with Crippen molar-refractivity contribution in [2.75, 3.05) is 13.2 Å². The SMILES string of the molecule is CC(=O)O[C@@H]1[C@@H](O[C@@H]2O[C@@H](C)[C@H](O)[C@@H](O)[C@H]2O)[C@H](O[C@H]2CC[C@]34C[C@]35CC[C@]3(C)[C@@H]([C@@]6(C)CC[C@@H](C(C)(C)O[C@@H]7O[C@H](CO)[C@@H](O)[C@H](O)[C@H]7O)O6)[C@@H](O)C[C@@]3(C)[C@@H]5C[C@H](O)[C@H]4C2(C)C)OC[C@H]1O. The Bertz CT molecular complexity index is 1870. The van der Waals surface area contributed by atoms with Gasteiger partial charge < -0.3 is 89.0 Å². The summed E-state index contributed by atoms with van der Waals surface area (Å²) in [6, 6.07) is 0. The van der Waals surface area contributed by atoms with Crippen LogP contribution < -0.4 is 0 Å². The second-order valence-electron chi connectivity index (χ2n) is 24.4. The summed E-state index contributed by atoms with van der Waals surface area (Å²) in [5.74, 6) is -0.982. The van der Waals surface area contributed by atoms with Gasteiger partial charge in [-0.3, -0.25) is 4.79 Å². The van der Waals surface area contributed by atoms with E-state index in [4.69, 9.17) is 37.9 Å². The van der Waals surface area contributed by atoms with Gasteiger partial charge in [0.25, 0.3) is 0 Å². The van der Waals surface area contributed by atoms with Crippen molar-refractivity contribution in [1.29, 1.82) is 0 Å². The van der Waals surface area contributed by atoms with Crippen LogP contribution in [0.3, 0.4) is 0 Å². The summed E-state index contributed by atoms with van der Waals surface area (Å²) in [7, 11) is 0. The van der Waals surface area contributed by atoms with E-state index in [9.17, 15) is 55.9 Å². The lowest BCUT2D eigenvalue weighted by Crippen LogP contribution is -2.64. The number of fused-ring (bicyclic) bond motifs is 2. The van der Waals surface area contributed by atoms with Gasteiger partial charge in [-0.05, 0) is 124 Å². The summed E-state index contributed by atoms with van der Waals surface area (Å²) in [6.45, 7) is 16.5. The van der Waals surface area contributed by atoms with Crippen LogP contribution in [0.4, 0.5) is 0 Å². The topological polar surface area (TPSA) is 293 Å². The van der Waals surface area contributed by atoms with Crippen LogP contribution in [0.5, 0.6) is 0 Å². The van der Waals surface area contributed by atoms with Crippen LogP contribution in [0.15, 0.2) is 0 Å². The third kappa shape index (κ3) is 7.64. The fourth-order valence-electron chi connectivity index (χ4n) is 16.7. The van der Waals surface area contributed by atoms with Crippen molar-refractivity contribution in [2.24, 2.45) is 44.8 Å². The normalized spacial score (nSPS) is 56.5. The zero-order valence-electron chi connectivity index (χ0n) is 41.0. The second kappa shape index (κ2) is 17.5. The first kappa shape index (κ1) is 51.7. The molecule has 4 aliphatic heterocycles. The predicted octanol–water partition coefficient (Wildman–Crippen LogP) is 0.147. The molecule has 390 valence electrons. The fourth-order valence-corrected chi connectivity index (χ4v) is 16.7. The summed E-state index contributed by atoms with van der Waals surface area (Å²) in [5, 5.41) is 109. The standard InChI is InChI=1S/C49H80O19/c1-21-30(55)32(57)34(59)40(62-21)66-37-36(63-22(2)51)25(54)19-61-42(37)65-28-11-13-49-20-48(49)15-14-45(7)39(24(53)17-46(45,8)27(48)16-23(52)38(49)43(28,3)4)47(9)12-10-29(67-47)44(5,6)68-41-35(60)33(58)31(56)26(18-50)64-41/h21,23-42,50,52-60H,10-20H2,1-9H3/t21-,23-,24-,25+,26+,27-,28-,29-,30-,31+,32+,33-,34+,35+,36-,37+,38-,39-,40-,41-,42-,45+,46-,47+,48-,49+/m0/s1. The van der Waals surface area contributed by atoms with E-state index in [1.165, 1.54) is 13.8 Å². The summed E-state index contributed by atoms with van der Waals surface area (Å²) >= 11 is 0. The molecule has 19 nitrogen and oxygen atoms in total. The van der Waals surface area contributed by atoms with E-state index in [2.05, 4.69) is 34.6 Å². The molecule has 0 unspecified atom stereocenters.